The first-order valence-electron chi connectivity index (χ1n) is 12.0. The number of carbonyl (C=O) groups is 1. The molecule has 180 valence electrons. The molecular weight excluding hydrogens is 450 g/mol. The summed E-state index contributed by atoms with van der Waals surface area (Å²) in [5.41, 5.74) is 0.617. The van der Waals surface area contributed by atoms with Gasteiger partial charge in [0.15, 0.2) is 28.2 Å². The zero-order valence-corrected chi connectivity index (χ0v) is 20.7. The molecule has 0 saturated heterocycles. The van der Waals surface area contributed by atoms with Crippen molar-refractivity contribution < 1.29 is 18.7 Å². The average molecular weight is 482 g/mol. The molecule has 2 aliphatic rings. The summed E-state index contributed by atoms with van der Waals surface area (Å²) >= 11 is 1.58. The lowest BCUT2D eigenvalue weighted by molar-refractivity contribution is 0.0989. The van der Waals surface area contributed by atoms with Gasteiger partial charge in [0.2, 0.25) is 5.82 Å². The van der Waals surface area contributed by atoms with Crippen LogP contribution >= 0.6 is 11.8 Å². The van der Waals surface area contributed by atoms with E-state index in [2.05, 4.69) is 21.7 Å². The predicted octanol–water partition coefficient (Wildman–Crippen LogP) is 5.92. The van der Waals surface area contributed by atoms with E-state index in [1.807, 2.05) is 12.1 Å². The Kier molecular flexibility index (Phi) is 6.68. The third-order valence-corrected chi connectivity index (χ3v) is 8.44. The van der Waals surface area contributed by atoms with Gasteiger partial charge in [0.25, 0.3) is 0 Å². The summed E-state index contributed by atoms with van der Waals surface area (Å²) < 4.78 is 18.5. The van der Waals surface area contributed by atoms with Gasteiger partial charge in [-0.2, -0.15) is 0 Å². The van der Waals surface area contributed by atoms with Crippen LogP contribution in [-0.2, 0) is 0 Å². The van der Waals surface area contributed by atoms with Crippen molar-refractivity contribution in [1.82, 2.24) is 14.8 Å². The van der Waals surface area contributed by atoms with Gasteiger partial charge in [-0.3, -0.25) is 9.36 Å². The van der Waals surface area contributed by atoms with Crippen molar-refractivity contribution in [2.45, 2.75) is 50.2 Å². The Morgan fingerprint density at radius 2 is 2.03 bits per heavy atom. The number of carbonyl (C=O) groups excluding carboxylic acids is 1. The molecule has 2 aromatic heterocycles. The lowest BCUT2D eigenvalue weighted by Crippen LogP contribution is -2.23. The van der Waals surface area contributed by atoms with Gasteiger partial charge in [-0.05, 0) is 74.3 Å². The van der Waals surface area contributed by atoms with Gasteiger partial charge in [0.05, 0.1) is 20.5 Å². The molecule has 0 spiro atoms. The Hall–Kier alpha value is -2.74. The Labute approximate surface area is 204 Å². The Bertz CT molecular complexity index is 1140. The van der Waals surface area contributed by atoms with Crippen molar-refractivity contribution >= 4 is 17.5 Å². The fraction of sp³-hybridized carbons (Fsp3) is 0.500. The number of benzene rings is 1. The third-order valence-electron chi connectivity index (χ3n) is 7.49. The van der Waals surface area contributed by atoms with Crippen molar-refractivity contribution in [3.63, 3.8) is 0 Å². The molecule has 2 bridgehead atoms. The van der Waals surface area contributed by atoms with Crippen LogP contribution in [0.25, 0.3) is 11.6 Å². The minimum absolute atomic E-state index is 0.0620. The molecule has 8 heteroatoms. The normalized spacial score (nSPS) is 22.1. The van der Waals surface area contributed by atoms with E-state index in [0.29, 0.717) is 35.2 Å². The quantitative estimate of drug-likeness (QED) is 0.263. The number of furan rings is 1. The molecule has 0 aliphatic heterocycles. The lowest BCUT2D eigenvalue weighted by Gasteiger charge is -2.30. The summed E-state index contributed by atoms with van der Waals surface area (Å²) in [7, 11) is 3.16. The first kappa shape index (κ1) is 23.0. The fourth-order valence-corrected chi connectivity index (χ4v) is 6.74. The summed E-state index contributed by atoms with van der Waals surface area (Å²) in [5, 5.41) is 9.86. The predicted molar refractivity (Wildman–Crippen MR) is 131 cm³/mol. The second-order valence-electron chi connectivity index (χ2n) is 9.32. The number of methoxy groups -OCH3 is 2. The highest BCUT2D eigenvalue weighted by Crippen LogP contribution is 2.53. The number of ether oxygens (including phenoxy) is 2. The number of rotatable bonds is 10. The molecule has 2 fully saturated rings. The molecule has 7 nitrogen and oxygen atoms in total. The van der Waals surface area contributed by atoms with Crippen LogP contribution in [0, 0.1) is 17.8 Å². The highest BCUT2D eigenvalue weighted by molar-refractivity contribution is 7.99. The number of aromatic nitrogens is 3. The topological polar surface area (TPSA) is 79.4 Å². The maximum Gasteiger partial charge on any atom is 0.200 e. The van der Waals surface area contributed by atoms with Gasteiger partial charge in [-0.15, -0.1) is 10.2 Å². The van der Waals surface area contributed by atoms with E-state index in [1.54, 1.807) is 50.4 Å². The molecule has 0 N–H and O–H groups in total. The molecule has 2 aliphatic carbocycles. The van der Waals surface area contributed by atoms with Crippen molar-refractivity contribution in [2.75, 3.05) is 20.0 Å². The van der Waals surface area contributed by atoms with Gasteiger partial charge >= 0.3 is 0 Å². The molecule has 3 aromatic rings. The SMILES string of the molecule is COc1ccc(C(=O)CCSc2nnc(-c3ccco3)n2C(C)C2CC3CCC2C3)cc1OC. The maximum absolute atomic E-state index is 12.8. The molecule has 0 amide bonds. The smallest absolute Gasteiger partial charge is 0.200 e. The number of ketones is 1. The molecule has 0 radical (unpaired) electrons. The summed E-state index contributed by atoms with van der Waals surface area (Å²) in [6.45, 7) is 2.29. The molecular formula is C26H31N3O4S. The van der Waals surface area contributed by atoms with E-state index in [-0.39, 0.29) is 11.8 Å². The van der Waals surface area contributed by atoms with Crippen LogP contribution in [0.2, 0.25) is 0 Å². The molecule has 1 aromatic carbocycles. The molecule has 4 unspecified atom stereocenters. The number of fused-ring (bicyclic) bond motifs is 2. The van der Waals surface area contributed by atoms with Crippen molar-refractivity contribution in [2.24, 2.45) is 17.8 Å². The van der Waals surface area contributed by atoms with Crippen LogP contribution in [-0.4, -0.2) is 40.5 Å². The maximum atomic E-state index is 12.8. The number of hydrogen-bond acceptors (Lipinski definition) is 7. The van der Waals surface area contributed by atoms with Crippen LogP contribution in [0.4, 0.5) is 0 Å². The van der Waals surface area contributed by atoms with E-state index in [9.17, 15) is 4.79 Å². The Balaban J connectivity index is 1.31. The van der Waals surface area contributed by atoms with Crippen molar-refractivity contribution in [3.8, 4) is 23.1 Å². The zero-order chi connectivity index (χ0) is 23.7. The summed E-state index contributed by atoms with van der Waals surface area (Å²) in [5.74, 6) is 5.65. The monoisotopic (exact) mass is 481 g/mol. The number of Topliss-reactive ketones (excluding diaryl/α,β-unsaturated/α-hetero) is 1. The van der Waals surface area contributed by atoms with Gasteiger partial charge in [0.1, 0.15) is 0 Å². The Morgan fingerprint density at radius 3 is 2.71 bits per heavy atom. The molecule has 4 atom stereocenters. The van der Waals surface area contributed by atoms with Gasteiger partial charge in [0, 0.05) is 23.8 Å². The number of nitrogens with zero attached hydrogens (tertiary/aromatic N) is 3. The van der Waals surface area contributed by atoms with Crippen LogP contribution in [0.15, 0.2) is 46.2 Å². The fourth-order valence-electron chi connectivity index (χ4n) is 5.78. The van der Waals surface area contributed by atoms with E-state index in [1.165, 1.54) is 25.7 Å². The number of thioether (sulfide) groups is 1. The average Bonchev–Trinajstić information content (AvgIpc) is 3.67. The van der Waals surface area contributed by atoms with E-state index in [4.69, 9.17) is 13.9 Å². The summed E-state index contributed by atoms with van der Waals surface area (Å²) in [4.78, 5) is 12.8. The molecule has 34 heavy (non-hydrogen) atoms. The van der Waals surface area contributed by atoms with Gasteiger partial charge in [-0.25, -0.2) is 0 Å². The summed E-state index contributed by atoms with van der Waals surface area (Å²) in [6.07, 6.45) is 7.41. The third kappa shape index (κ3) is 4.35. The van der Waals surface area contributed by atoms with Gasteiger partial charge in [-0.1, -0.05) is 18.2 Å². The summed E-state index contributed by atoms with van der Waals surface area (Å²) in [6, 6.07) is 9.38. The minimum atomic E-state index is 0.0620. The highest BCUT2D eigenvalue weighted by atomic mass is 32.2. The minimum Gasteiger partial charge on any atom is -0.493 e. The lowest BCUT2D eigenvalue weighted by atomic mass is 9.84. The van der Waals surface area contributed by atoms with E-state index >= 15 is 0 Å². The Morgan fingerprint density at radius 1 is 1.18 bits per heavy atom. The second-order valence-corrected chi connectivity index (χ2v) is 10.4. The molecule has 5 rings (SSSR count). The van der Waals surface area contributed by atoms with Crippen LogP contribution in [0.3, 0.4) is 0 Å². The molecule has 2 saturated carbocycles. The van der Waals surface area contributed by atoms with Crippen molar-refractivity contribution in [1.29, 1.82) is 0 Å². The molecule has 2 heterocycles. The van der Waals surface area contributed by atoms with Crippen molar-refractivity contribution in [3.05, 3.63) is 42.2 Å². The zero-order valence-electron chi connectivity index (χ0n) is 19.9. The highest BCUT2D eigenvalue weighted by Gasteiger charge is 2.43. The van der Waals surface area contributed by atoms with Crippen LogP contribution in [0.1, 0.15) is 55.4 Å². The van der Waals surface area contributed by atoms with E-state index < -0.39 is 0 Å². The van der Waals surface area contributed by atoms with Gasteiger partial charge < -0.3 is 13.9 Å². The van der Waals surface area contributed by atoms with Crippen LogP contribution < -0.4 is 9.47 Å². The van der Waals surface area contributed by atoms with Crippen LogP contribution in [0.5, 0.6) is 11.5 Å². The standard InChI is InChI=1S/C26H31N3O4S/c1-16(20-14-17-6-7-18(20)13-17)29-25(23-5-4-11-33-23)27-28-26(29)34-12-10-21(30)19-8-9-22(31-2)24(15-19)32-3/h4-5,8-9,11,15-18,20H,6-7,10,12-14H2,1-3H3. The largest absolute Gasteiger partial charge is 0.493 e. The van der Waals surface area contributed by atoms with E-state index in [0.717, 1.165) is 28.6 Å². The number of hydrogen-bond donors (Lipinski definition) is 0. The first-order chi connectivity index (χ1) is 16.6. The first-order valence-corrected chi connectivity index (χ1v) is 12.9. The second kappa shape index (κ2) is 9.86.